The fourth-order valence-electron chi connectivity index (χ4n) is 1.58. The van der Waals surface area contributed by atoms with Crippen LogP contribution in [0.25, 0.3) is 6.08 Å². The molecule has 0 aliphatic carbocycles. The molecule has 1 amide bonds. The normalized spacial score (nSPS) is 10.7. The van der Waals surface area contributed by atoms with E-state index in [0.29, 0.717) is 12.3 Å². The molecule has 0 aliphatic rings. The van der Waals surface area contributed by atoms with Crippen LogP contribution in [0.5, 0.6) is 0 Å². The van der Waals surface area contributed by atoms with Crippen LogP contribution >= 0.6 is 0 Å². The summed E-state index contributed by atoms with van der Waals surface area (Å²) < 4.78 is 5.09. The van der Waals surface area contributed by atoms with Gasteiger partial charge in [0.1, 0.15) is 5.76 Å². The van der Waals surface area contributed by atoms with Gasteiger partial charge in [0.25, 0.3) is 0 Å². The Morgan fingerprint density at radius 2 is 2.00 bits per heavy atom. The molecule has 0 unspecified atom stereocenters. The van der Waals surface area contributed by atoms with Gasteiger partial charge in [-0.2, -0.15) is 0 Å². The van der Waals surface area contributed by atoms with Crippen molar-refractivity contribution in [3.8, 4) is 0 Å². The molecule has 1 aromatic carbocycles. The van der Waals surface area contributed by atoms with E-state index in [1.54, 1.807) is 24.5 Å². The molecule has 0 radical (unpaired) electrons. The van der Waals surface area contributed by atoms with Gasteiger partial charge in [0.2, 0.25) is 5.91 Å². The Bertz CT molecular complexity index is 501. The first kappa shape index (κ1) is 12.2. The van der Waals surface area contributed by atoms with Gasteiger partial charge in [-0.05, 0) is 30.2 Å². The van der Waals surface area contributed by atoms with E-state index < -0.39 is 0 Å². The lowest BCUT2D eigenvalue weighted by Gasteiger charge is -2.02. The third kappa shape index (κ3) is 3.94. The summed E-state index contributed by atoms with van der Waals surface area (Å²) in [6.07, 6.45) is 5.54. The molecule has 2 aromatic rings. The monoisotopic (exact) mass is 241 g/mol. The summed E-state index contributed by atoms with van der Waals surface area (Å²) in [7, 11) is 0. The van der Waals surface area contributed by atoms with E-state index in [9.17, 15) is 4.79 Å². The zero-order chi connectivity index (χ0) is 12.6. The minimum Gasteiger partial charge on any atom is -0.465 e. The standard InChI is InChI=1S/C15H15NO2/c17-15(9-8-14-7-4-12-18-14)16-11-10-13-5-2-1-3-6-13/h1-9,12H,10-11H2,(H,16,17). The summed E-state index contributed by atoms with van der Waals surface area (Å²) >= 11 is 0. The molecule has 0 saturated carbocycles. The molecule has 92 valence electrons. The van der Waals surface area contributed by atoms with Gasteiger partial charge >= 0.3 is 0 Å². The van der Waals surface area contributed by atoms with Crippen molar-refractivity contribution in [1.29, 1.82) is 0 Å². The number of carbonyl (C=O) groups excluding carboxylic acids is 1. The third-order valence-corrected chi connectivity index (χ3v) is 2.50. The van der Waals surface area contributed by atoms with Crippen molar-refractivity contribution in [2.24, 2.45) is 0 Å². The molecular weight excluding hydrogens is 226 g/mol. The Kier molecular flexibility index (Phi) is 4.36. The van der Waals surface area contributed by atoms with Crippen LogP contribution in [0.3, 0.4) is 0 Å². The maximum Gasteiger partial charge on any atom is 0.244 e. The molecule has 0 spiro atoms. The molecular formula is C15H15NO2. The van der Waals surface area contributed by atoms with Gasteiger partial charge < -0.3 is 9.73 Å². The fourth-order valence-corrected chi connectivity index (χ4v) is 1.58. The van der Waals surface area contributed by atoms with Crippen molar-refractivity contribution in [1.82, 2.24) is 5.32 Å². The second-order valence-corrected chi connectivity index (χ2v) is 3.88. The first-order valence-corrected chi connectivity index (χ1v) is 5.88. The third-order valence-electron chi connectivity index (χ3n) is 2.50. The highest BCUT2D eigenvalue weighted by Gasteiger charge is 1.96. The van der Waals surface area contributed by atoms with Crippen molar-refractivity contribution in [3.63, 3.8) is 0 Å². The highest BCUT2D eigenvalue weighted by atomic mass is 16.3. The van der Waals surface area contributed by atoms with Crippen molar-refractivity contribution in [2.45, 2.75) is 6.42 Å². The topological polar surface area (TPSA) is 42.2 Å². The molecule has 1 N–H and O–H groups in total. The Balaban J connectivity index is 1.72. The SMILES string of the molecule is O=C(C=Cc1ccco1)NCCc1ccccc1. The van der Waals surface area contributed by atoms with E-state index in [-0.39, 0.29) is 5.91 Å². The zero-order valence-corrected chi connectivity index (χ0v) is 10.0. The van der Waals surface area contributed by atoms with Crippen molar-refractivity contribution in [2.75, 3.05) is 6.54 Å². The van der Waals surface area contributed by atoms with Crippen LogP contribution in [-0.4, -0.2) is 12.5 Å². The Labute approximate surface area is 106 Å². The number of benzene rings is 1. The lowest BCUT2D eigenvalue weighted by Crippen LogP contribution is -2.23. The molecule has 0 atom stereocenters. The summed E-state index contributed by atoms with van der Waals surface area (Å²) in [5.74, 6) is 0.565. The lowest BCUT2D eigenvalue weighted by molar-refractivity contribution is -0.116. The Morgan fingerprint density at radius 3 is 2.72 bits per heavy atom. The van der Waals surface area contributed by atoms with Gasteiger partial charge in [-0.3, -0.25) is 4.79 Å². The van der Waals surface area contributed by atoms with E-state index in [4.69, 9.17) is 4.42 Å². The Hall–Kier alpha value is -2.29. The summed E-state index contributed by atoms with van der Waals surface area (Å²) in [5, 5.41) is 2.83. The predicted molar refractivity (Wildman–Crippen MR) is 70.9 cm³/mol. The average molecular weight is 241 g/mol. The van der Waals surface area contributed by atoms with Crippen LogP contribution in [0.1, 0.15) is 11.3 Å². The maximum atomic E-state index is 11.5. The largest absolute Gasteiger partial charge is 0.465 e. The average Bonchev–Trinajstić information content (AvgIpc) is 2.91. The van der Waals surface area contributed by atoms with Crippen molar-refractivity contribution in [3.05, 3.63) is 66.1 Å². The maximum absolute atomic E-state index is 11.5. The van der Waals surface area contributed by atoms with E-state index in [2.05, 4.69) is 5.32 Å². The quantitative estimate of drug-likeness (QED) is 0.818. The molecule has 18 heavy (non-hydrogen) atoms. The second-order valence-electron chi connectivity index (χ2n) is 3.88. The number of hydrogen-bond acceptors (Lipinski definition) is 2. The summed E-state index contributed by atoms with van der Waals surface area (Å²) in [6, 6.07) is 13.6. The van der Waals surface area contributed by atoms with Crippen LogP contribution in [0.2, 0.25) is 0 Å². The summed E-state index contributed by atoms with van der Waals surface area (Å²) in [5.41, 5.74) is 1.22. The first-order valence-electron chi connectivity index (χ1n) is 5.88. The fraction of sp³-hybridized carbons (Fsp3) is 0.133. The molecule has 0 aliphatic heterocycles. The lowest BCUT2D eigenvalue weighted by atomic mass is 10.1. The number of furan rings is 1. The number of amides is 1. The summed E-state index contributed by atoms with van der Waals surface area (Å²) in [6.45, 7) is 0.630. The van der Waals surface area contributed by atoms with Crippen LogP contribution < -0.4 is 5.32 Å². The van der Waals surface area contributed by atoms with Crippen molar-refractivity contribution < 1.29 is 9.21 Å². The minimum atomic E-state index is -0.109. The van der Waals surface area contributed by atoms with E-state index >= 15 is 0 Å². The van der Waals surface area contributed by atoms with Gasteiger partial charge in [-0.1, -0.05) is 30.3 Å². The van der Waals surface area contributed by atoms with E-state index in [1.165, 1.54) is 11.6 Å². The van der Waals surface area contributed by atoms with Gasteiger partial charge in [0, 0.05) is 12.6 Å². The van der Waals surface area contributed by atoms with Gasteiger partial charge in [-0.25, -0.2) is 0 Å². The molecule has 0 fully saturated rings. The number of hydrogen-bond donors (Lipinski definition) is 1. The van der Waals surface area contributed by atoms with E-state index in [1.807, 2.05) is 30.3 Å². The van der Waals surface area contributed by atoms with Crippen molar-refractivity contribution >= 4 is 12.0 Å². The smallest absolute Gasteiger partial charge is 0.244 e. The molecule has 0 bridgehead atoms. The van der Waals surface area contributed by atoms with Gasteiger partial charge in [0.05, 0.1) is 6.26 Å². The molecule has 3 nitrogen and oxygen atoms in total. The predicted octanol–water partition coefficient (Wildman–Crippen LogP) is 2.65. The van der Waals surface area contributed by atoms with Gasteiger partial charge in [-0.15, -0.1) is 0 Å². The highest BCUT2D eigenvalue weighted by molar-refractivity contribution is 5.91. The highest BCUT2D eigenvalue weighted by Crippen LogP contribution is 2.02. The number of nitrogens with one attached hydrogen (secondary N) is 1. The molecule has 1 aromatic heterocycles. The molecule has 2 rings (SSSR count). The molecule has 0 saturated heterocycles. The number of carbonyl (C=O) groups is 1. The second kappa shape index (κ2) is 6.45. The van der Waals surface area contributed by atoms with Gasteiger partial charge in [0.15, 0.2) is 0 Å². The summed E-state index contributed by atoms with van der Waals surface area (Å²) in [4.78, 5) is 11.5. The van der Waals surface area contributed by atoms with E-state index in [0.717, 1.165) is 6.42 Å². The zero-order valence-electron chi connectivity index (χ0n) is 10.0. The van der Waals surface area contributed by atoms with Crippen LogP contribution in [0, 0.1) is 0 Å². The first-order chi connectivity index (χ1) is 8.84. The van der Waals surface area contributed by atoms with Crippen LogP contribution in [0.4, 0.5) is 0 Å². The Morgan fingerprint density at radius 1 is 1.17 bits per heavy atom. The minimum absolute atomic E-state index is 0.109. The molecule has 1 heterocycles. The number of rotatable bonds is 5. The van der Waals surface area contributed by atoms with Crippen LogP contribution in [0.15, 0.2) is 59.2 Å². The van der Waals surface area contributed by atoms with Crippen LogP contribution in [-0.2, 0) is 11.2 Å². The molecule has 3 heteroatoms.